The first-order valence-electron chi connectivity index (χ1n) is 14.2. The van der Waals surface area contributed by atoms with Crippen LogP contribution in [-0.2, 0) is 21.9 Å². The molecule has 0 aromatic heterocycles. The van der Waals surface area contributed by atoms with Gasteiger partial charge in [-0.3, -0.25) is 9.69 Å². The van der Waals surface area contributed by atoms with Crippen LogP contribution in [0.2, 0.25) is 0 Å². The Morgan fingerprint density at radius 3 is 1.67 bits per heavy atom. The maximum absolute atomic E-state index is 16.1. The summed E-state index contributed by atoms with van der Waals surface area (Å²) in [5.74, 6) is -4.54. The van der Waals surface area contributed by atoms with Gasteiger partial charge in [0.2, 0.25) is 0 Å². The van der Waals surface area contributed by atoms with Gasteiger partial charge < -0.3 is 4.74 Å². The minimum atomic E-state index is -4.66. The Hall–Kier alpha value is -2.69. The highest BCUT2D eigenvalue weighted by atomic mass is 19.4. The van der Waals surface area contributed by atoms with Crippen molar-refractivity contribution in [1.82, 2.24) is 4.90 Å². The molecule has 43 heavy (non-hydrogen) atoms. The van der Waals surface area contributed by atoms with Crippen LogP contribution in [0.25, 0.3) is 0 Å². The van der Waals surface area contributed by atoms with E-state index in [9.17, 15) is 31.1 Å². The van der Waals surface area contributed by atoms with E-state index in [1.165, 1.54) is 0 Å². The van der Waals surface area contributed by atoms with Gasteiger partial charge in [0.05, 0.1) is 23.6 Å². The third-order valence-corrected chi connectivity index (χ3v) is 7.40. The second-order valence-electron chi connectivity index (χ2n) is 13.7. The summed E-state index contributed by atoms with van der Waals surface area (Å²) in [5.41, 5.74) is -2.36. The van der Waals surface area contributed by atoms with Crippen LogP contribution < -0.4 is 0 Å². The molecule has 240 valence electrons. The molecule has 3 unspecified atom stereocenters. The smallest absolute Gasteiger partial charge is 0.416 e. The zero-order chi connectivity index (χ0) is 32.6. The Morgan fingerprint density at radius 1 is 0.791 bits per heavy atom. The maximum Gasteiger partial charge on any atom is 0.416 e. The van der Waals surface area contributed by atoms with Gasteiger partial charge >= 0.3 is 18.3 Å². The first-order chi connectivity index (χ1) is 19.5. The molecular formula is C32H39F8NO2. The van der Waals surface area contributed by atoms with Gasteiger partial charge in [0.15, 0.2) is 6.10 Å². The van der Waals surface area contributed by atoms with Crippen molar-refractivity contribution >= 4 is 5.97 Å². The van der Waals surface area contributed by atoms with Gasteiger partial charge in [-0.05, 0) is 65.6 Å². The topological polar surface area (TPSA) is 29.5 Å². The molecule has 0 aliphatic carbocycles. The lowest BCUT2D eigenvalue weighted by Gasteiger charge is -2.49. The number of likely N-dealkylation sites (tertiary alicyclic amines) is 1. The van der Waals surface area contributed by atoms with Crippen LogP contribution in [0.3, 0.4) is 0 Å². The van der Waals surface area contributed by atoms with Gasteiger partial charge in [-0.15, -0.1) is 0 Å². The lowest BCUT2D eigenvalue weighted by atomic mass is 9.81. The van der Waals surface area contributed by atoms with Crippen molar-refractivity contribution in [3.05, 3.63) is 70.8 Å². The van der Waals surface area contributed by atoms with E-state index in [1.54, 1.807) is 25.7 Å². The molecule has 1 heterocycles. The van der Waals surface area contributed by atoms with Crippen molar-refractivity contribution in [2.75, 3.05) is 6.54 Å². The molecule has 0 N–H and O–H groups in total. The van der Waals surface area contributed by atoms with Crippen LogP contribution in [0.4, 0.5) is 35.1 Å². The van der Waals surface area contributed by atoms with Crippen LogP contribution >= 0.6 is 0 Å². The predicted octanol–water partition coefficient (Wildman–Crippen LogP) is 10.0. The van der Waals surface area contributed by atoms with E-state index >= 15 is 8.78 Å². The molecule has 1 aliphatic rings. The summed E-state index contributed by atoms with van der Waals surface area (Å²) in [7, 11) is 0. The molecule has 1 saturated heterocycles. The SMILES string of the molecule is CC(C)(C)CCCN1C(c2ccc(C(F)(F)F)cc2)CC(F)(F)C(OC(=O)CC(C)(C)C)C1c1ccc(C(F)(F)F)cc1. The fourth-order valence-electron chi connectivity index (χ4n) is 5.38. The molecule has 0 radical (unpaired) electrons. The van der Waals surface area contributed by atoms with Gasteiger partial charge in [-0.2, -0.15) is 26.3 Å². The van der Waals surface area contributed by atoms with E-state index in [4.69, 9.17) is 4.74 Å². The standard InChI is InChI=1S/C32H39F8NO2/c1-28(2,3)16-7-17-41-24(20-8-12-22(13-9-20)31(35,36)37)18-30(33,34)27(43-25(42)19-29(4,5)6)26(41)21-10-14-23(15-11-21)32(38,39)40/h8-15,24,26-27H,7,16-19H2,1-6H3. The van der Waals surface area contributed by atoms with Crippen LogP contribution in [0.1, 0.15) is 102 Å². The van der Waals surface area contributed by atoms with Crippen molar-refractivity contribution in [2.45, 2.75) is 104 Å². The molecule has 0 spiro atoms. The summed E-state index contributed by atoms with van der Waals surface area (Å²) in [5, 5.41) is 0. The van der Waals surface area contributed by atoms with E-state index in [2.05, 4.69) is 0 Å². The first-order valence-corrected chi connectivity index (χ1v) is 14.2. The zero-order valence-electron chi connectivity index (χ0n) is 25.2. The van der Waals surface area contributed by atoms with Crippen molar-refractivity contribution in [1.29, 1.82) is 0 Å². The van der Waals surface area contributed by atoms with Gasteiger partial charge in [-0.25, -0.2) is 8.78 Å². The number of hydrogen-bond acceptors (Lipinski definition) is 3. The minimum Gasteiger partial charge on any atom is -0.454 e. The summed E-state index contributed by atoms with van der Waals surface area (Å²) < 4.78 is 118. The number of nitrogens with zero attached hydrogens (tertiary/aromatic N) is 1. The molecule has 2 aromatic rings. The quantitative estimate of drug-likeness (QED) is 0.228. The van der Waals surface area contributed by atoms with Crippen LogP contribution in [0.5, 0.6) is 0 Å². The Morgan fingerprint density at radius 2 is 1.26 bits per heavy atom. The monoisotopic (exact) mass is 621 g/mol. The number of alkyl halides is 8. The fourth-order valence-corrected chi connectivity index (χ4v) is 5.38. The van der Waals surface area contributed by atoms with E-state index < -0.39 is 65.4 Å². The average molecular weight is 622 g/mol. The van der Waals surface area contributed by atoms with E-state index in [0.717, 1.165) is 48.5 Å². The average Bonchev–Trinajstić information content (AvgIpc) is 2.83. The molecule has 0 amide bonds. The van der Waals surface area contributed by atoms with Crippen molar-refractivity contribution in [3.63, 3.8) is 0 Å². The van der Waals surface area contributed by atoms with E-state index in [0.29, 0.717) is 12.8 Å². The number of halogens is 8. The Kier molecular flexibility index (Phi) is 10.0. The number of carbonyl (C=O) groups excluding carboxylic acids is 1. The second kappa shape index (κ2) is 12.4. The second-order valence-corrected chi connectivity index (χ2v) is 13.7. The van der Waals surface area contributed by atoms with Crippen molar-refractivity contribution < 1.29 is 44.7 Å². The molecule has 1 fully saturated rings. The van der Waals surface area contributed by atoms with Gasteiger partial charge in [-0.1, -0.05) is 65.8 Å². The zero-order valence-corrected chi connectivity index (χ0v) is 25.2. The minimum absolute atomic E-state index is 0.0774. The maximum atomic E-state index is 16.1. The van der Waals surface area contributed by atoms with Crippen LogP contribution in [0.15, 0.2) is 48.5 Å². The molecule has 3 atom stereocenters. The lowest BCUT2D eigenvalue weighted by molar-refractivity contribution is -0.216. The number of ether oxygens (including phenoxy) is 1. The van der Waals surface area contributed by atoms with Gasteiger partial charge in [0.1, 0.15) is 0 Å². The van der Waals surface area contributed by atoms with Crippen molar-refractivity contribution in [3.8, 4) is 0 Å². The van der Waals surface area contributed by atoms with E-state index in [-0.39, 0.29) is 29.5 Å². The highest BCUT2D eigenvalue weighted by molar-refractivity contribution is 5.70. The van der Waals surface area contributed by atoms with Gasteiger partial charge in [0, 0.05) is 12.5 Å². The number of esters is 1. The third kappa shape index (κ3) is 9.40. The number of hydrogen-bond donors (Lipinski definition) is 0. The summed E-state index contributed by atoms with van der Waals surface area (Å²) in [4.78, 5) is 14.5. The normalized spacial score (nSPS) is 22.0. The summed E-state index contributed by atoms with van der Waals surface area (Å²) in [6.07, 6.45) is -11.2. The number of benzene rings is 2. The van der Waals surface area contributed by atoms with Gasteiger partial charge in [0.25, 0.3) is 5.92 Å². The fraction of sp³-hybridized carbons (Fsp3) is 0.594. The largest absolute Gasteiger partial charge is 0.454 e. The molecule has 3 rings (SSSR count). The lowest BCUT2D eigenvalue weighted by Crippen LogP contribution is -2.56. The Labute approximate surface area is 247 Å². The predicted molar refractivity (Wildman–Crippen MR) is 147 cm³/mol. The summed E-state index contributed by atoms with van der Waals surface area (Å²) in [6, 6.07) is 5.23. The molecule has 3 nitrogen and oxygen atoms in total. The number of carbonyl (C=O) groups is 1. The molecule has 1 aliphatic heterocycles. The van der Waals surface area contributed by atoms with Crippen LogP contribution in [0, 0.1) is 10.8 Å². The Bertz CT molecular complexity index is 1220. The van der Waals surface area contributed by atoms with E-state index in [1.807, 2.05) is 20.8 Å². The number of piperidine rings is 1. The Balaban J connectivity index is 2.16. The summed E-state index contributed by atoms with van der Waals surface area (Å²) >= 11 is 0. The molecule has 2 aromatic carbocycles. The number of rotatable bonds is 7. The third-order valence-electron chi connectivity index (χ3n) is 7.40. The van der Waals surface area contributed by atoms with Crippen molar-refractivity contribution in [2.24, 2.45) is 10.8 Å². The highest BCUT2D eigenvalue weighted by Gasteiger charge is 2.57. The molecular weight excluding hydrogens is 582 g/mol. The molecule has 0 saturated carbocycles. The first kappa shape index (κ1) is 34.8. The van der Waals surface area contributed by atoms with Crippen LogP contribution in [-0.4, -0.2) is 29.4 Å². The molecule has 0 bridgehead atoms. The molecule has 11 heteroatoms. The summed E-state index contributed by atoms with van der Waals surface area (Å²) in [6.45, 7) is 11.4. The highest BCUT2D eigenvalue weighted by Crippen LogP contribution is 2.51.